The quantitative estimate of drug-likeness (QED) is 0.159. The molecule has 9 nitrogen and oxygen atoms in total. The lowest BCUT2D eigenvalue weighted by atomic mass is 9.64. The zero-order valence-electron chi connectivity index (χ0n) is 24.8. The first-order valence-corrected chi connectivity index (χ1v) is 14.4. The monoisotopic (exact) mass is 586 g/mol. The van der Waals surface area contributed by atoms with E-state index in [0.29, 0.717) is 65.9 Å². The highest BCUT2D eigenvalue weighted by Crippen LogP contribution is 2.45. The second kappa shape index (κ2) is 19.0. The molecule has 2 aromatic carbocycles. The lowest BCUT2D eigenvalue weighted by Gasteiger charge is -2.42. The minimum Gasteiger partial charge on any atom is -0.394 e. The maximum absolute atomic E-state index is 11.9. The van der Waals surface area contributed by atoms with Crippen molar-refractivity contribution in [2.75, 3.05) is 86.9 Å². The van der Waals surface area contributed by atoms with Crippen LogP contribution in [0.2, 0.25) is 0 Å². The molecule has 1 atom stereocenters. The highest BCUT2D eigenvalue weighted by atomic mass is 16.7. The fourth-order valence-corrected chi connectivity index (χ4v) is 5.03. The van der Waals surface area contributed by atoms with Gasteiger partial charge >= 0.3 is 0 Å². The number of methoxy groups -OCH3 is 2. The lowest BCUT2D eigenvalue weighted by Crippen LogP contribution is -2.46. The molecular weight excluding hydrogens is 540 g/mol. The summed E-state index contributed by atoms with van der Waals surface area (Å²) >= 11 is 0. The van der Waals surface area contributed by atoms with Crippen molar-refractivity contribution in [3.05, 3.63) is 95.6 Å². The molecule has 0 spiro atoms. The van der Waals surface area contributed by atoms with Crippen LogP contribution in [0.3, 0.4) is 0 Å². The van der Waals surface area contributed by atoms with Gasteiger partial charge in [-0.25, -0.2) is 0 Å². The van der Waals surface area contributed by atoms with Gasteiger partial charge in [0.1, 0.15) is 0 Å². The molecule has 0 heterocycles. The molecule has 42 heavy (non-hydrogen) atoms. The summed E-state index contributed by atoms with van der Waals surface area (Å²) in [6, 6.07) is 20.0. The first-order valence-electron chi connectivity index (χ1n) is 14.4. The van der Waals surface area contributed by atoms with Gasteiger partial charge in [-0.15, -0.1) is 0 Å². The van der Waals surface area contributed by atoms with Crippen LogP contribution in [-0.2, 0) is 38.6 Å². The van der Waals surface area contributed by atoms with Gasteiger partial charge in [-0.3, -0.25) is 0 Å². The van der Waals surface area contributed by atoms with E-state index in [0.717, 1.165) is 16.7 Å². The Hall–Kier alpha value is -2.44. The smallest absolute Gasteiger partial charge is 0.190 e. The van der Waals surface area contributed by atoms with E-state index in [1.807, 2.05) is 72.8 Å². The molecule has 0 bridgehead atoms. The average Bonchev–Trinajstić information content (AvgIpc) is 3.04. The lowest BCUT2D eigenvalue weighted by molar-refractivity contribution is -0.168. The maximum atomic E-state index is 11.9. The molecule has 0 fully saturated rings. The summed E-state index contributed by atoms with van der Waals surface area (Å²) in [5, 5.41) is 20.6. The zero-order valence-corrected chi connectivity index (χ0v) is 24.8. The van der Waals surface area contributed by atoms with Crippen molar-refractivity contribution < 1.29 is 43.4 Å². The van der Waals surface area contributed by atoms with Gasteiger partial charge in [-0.2, -0.15) is 0 Å². The summed E-state index contributed by atoms with van der Waals surface area (Å²) in [5.41, 5.74) is 1.98. The Kier molecular flexibility index (Phi) is 15.4. The molecule has 0 saturated heterocycles. The Morgan fingerprint density at radius 1 is 0.690 bits per heavy atom. The van der Waals surface area contributed by atoms with Crippen molar-refractivity contribution in [2.24, 2.45) is 0 Å². The summed E-state index contributed by atoms with van der Waals surface area (Å²) in [6.07, 6.45) is 5.58. The van der Waals surface area contributed by atoms with E-state index >= 15 is 0 Å². The SMILES string of the molecule is COC1(OC)C=CC(C(c2ccccc2)(c2ccccc2)C(O)COCCOCCOCCOCCOCCO)=CC1. The molecule has 0 amide bonds. The van der Waals surface area contributed by atoms with E-state index in [1.165, 1.54) is 0 Å². The number of hydrogen-bond acceptors (Lipinski definition) is 9. The number of hydrogen-bond donors (Lipinski definition) is 2. The Bertz CT molecular complexity index is 999. The fraction of sp³-hybridized carbons (Fsp3) is 0.515. The second-order valence-electron chi connectivity index (χ2n) is 9.72. The largest absolute Gasteiger partial charge is 0.394 e. The van der Waals surface area contributed by atoms with Crippen LogP contribution in [0.5, 0.6) is 0 Å². The summed E-state index contributed by atoms with van der Waals surface area (Å²) in [5.74, 6) is -0.840. The van der Waals surface area contributed by atoms with Gasteiger partial charge in [0.2, 0.25) is 0 Å². The van der Waals surface area contributed by atoms with Crippen LogP contribution >= 0.6 is 0 Å². The molecule has 2 N–H and O–H groups in total. The Balaban J connectivity index is 1.56. The number of benzene rings is 2. The van der Waals surface area contributed by atoms with Crippen LogP contribution in [0.4, 0.5) is 0 Å². The van der Waals surface area contributed by atoms with Crippen LogP contribution in [0.1, 0.15) is 17.5 Å². The third kappa shape index (κ3) is 9.54. The standard InChI is InChI=1S/C33H46O9/c1-36-32(37-2)15-13-30(14-16-32)33(28-9-5-3-6-10-28,29-11-7-4-8-12-29)31(35)27-42-26-25-41-24-23-40-22-21-39-20-19-38-18-17-34/h3-15,31,34-35H,16-27H2,1-2H3. The second-order valence-corrected chi connectivity index (χ2v) is 9.72. The summed E-state index contributed by atoms with van der Waals surface area (Å²) < 4.78 is 38.9. The van der Waals surface area contributed by atoms with Gasteiger partial charge in [-0.05, 0) is 22.8 Å². The molecule has 232 valence electrons. The van der Waals surface area contributed by atoms with Gasteiger partial charge in [0, 0.05) is 20.6 Å². The van der Waals surface area contributed by atoms with Crippen molar-refractivity contribution in [2.45, 2.75) is 23.7 Å². The summed E-state index contributed by atoms with van der Waals surface area (Å²) in [4.78, 5) is 0. The number of allylic oxidation sites excluding steroid dienone is 1. The fourth-order valence-electron chi connectivity index (χ4n) is 5.03. The third-order valence-corrected chi connectivity index (χ3v) is 7.23. The third-order valence-electron chi connectivity index (χ3n) is 7.23. The van der Waals surface area contributed by atoms with Crippen LogP contribution in [0, 0.1) is 0 Å². The van der Waals surface area contributed by atoms with Gasteiger partial charge in [-0.1, -0.05) is 72.8 Å². The van der Waals surface area contributed by atoms with E-state index in [4.69, 9.17) is 38.3 Å². The molecule has 1 aliphatic carbocycles. The van der Waals surface area contributed by atoms with Gasteiger partial charge < -0.3 is 43.4 Å². The minimum atomic E-state index is -0.895. The van der Waals surface area contributed by atoms with Gasteiger partial charge in [0.15, 0.2) is 5.79 Å². The topological polar surface area (TPSA) is 105 Å². The molecule has 1 aliphatic rings. The first-order chi connectivity index (χ1) is 20.6. The Morgan fingerprint density at radius 3 is 1.55 bits per heavy atom. The van der Waals surface area contributed by atoms with E-state index in [-0.39, 0.29) is 13.2 Å². The van der Waals surface area contributed by atoms with E-state index in [1.54, 1.807) is 14.2 Å². The Morgan fingerprint density at radius 2 is 1.14 bits per heavy atom. The van der Waals surface area contributed by atoms with E-state index in [9.17, 15) is 5.11 Å². The first kappa shape index (κ1) is 34.1. The van der Waals surface area contributed by atoms with Crippen LogP contribution in [0.25, 0.3) is 0 Å². The van der Waals surface area contributed by atoms with Gasteiger partial charge in [0.25, 0.3) is 0 Å². The van der Waals surface area contributed by atoms with Crippen molar-refractivity contribution in [3.63, 3.8) is 0 Å². The van der Waals surface area contributed by atoms with Crippen LogP contribution in [0.15, 0.2) is 84.5 Å². The normalized spacial score (nSPS) is 15.5. The average molecular weight is 587 g/mol. The number of aliphatic hydroxyl groups is 2. The van der Waals surface area contributed by atoms with E-state index < -0.39 is 17.3 Å². The van der Waals surface area contributed by atoms with Gasteiger partial charge in [0.05, 0.1) is 84.2 Å². The summed E-state index contributed by atoms with van der Waals surface area (Å²) in [6.45, 7) is 3.88. The predicted molar refractivity (Wildman–Crippen MR) is 159 cm³/mol. The van der Waals surface area contributed by atoms with Crippen LogP contribution < -0.4 is 0 Å². The molecule has 0 aliphatic heterocycles. The summed E-state index contributed by atoms with van der Waals surface area (Å²) in [7, 11) is 3.25. The van der Waals surface area contributed by atoms with Crippen molar-refractivity contribution >= 4 is 0 Å². The molecule has 1 unspecified atom stereocenters. The number of aliphatic hydroxyl groups excluding tert-OH is 2. The maximum Gasteiger partial charge on any atom is 0.190 e. The Labute approximate surface area is 249 Å². The zero-order chi connectivity index (χ0) is 29.9. The number of rotatable bonds is 22. The minimum absolute atomic E-state index is 0.0118. The molecule has 9 heteroatoms. The van der Waals surface area contributed by atoms with Crippen LogP contribution in [-0.4, -0.2) is 109 Å². The highest BCUT2D eigenvalue weighted by molar-refractivity contribution is 5.55. The molecule has 2 aromatic rings. The molecule has 3 rings (SSSR count). The highest BCUT2D eigenvalue weighted by Gasteiger charge is 2.45. The molecule has 0 saturated carbocycles. The van der Waals surface area contributed by atoms with Crippen molar-refractivity contribution in [1.82, 2.24) is 0 Å². The van der Waals surface area contributed by atoms with E-state index in [2.05, 4.69) is 6.08 Å². The van der Waals surface area contributed by atoms with Crippen molar-refractivity contribution in [1.29, 1.82) is 0 Å². The number of ether oxygens (including phenoxy) is 7. The molecule has 0 aromatic heterocycles. The predicted octanol–water partition coefficient (Wildman–Crippen LogP) is 3.28. The van der Waals surface area contributed by atoms with Crippen molar-refractivity contribution in [3.8, 4) is 0 Å². The molecule has 0 radical (unpaired) electrons. The molecular formula is C33H46O9.